The molecule has 4 N–H and O–H groups in total. The molecule has 0 unspecified atom stereocenters. The Kier molecular flexibility index (Phi) is 15.4. The molecule has 4 amide bonds. The van der Waals surface area contributed by atoms with E-state index in [4.69, 9.17) is 9.72 Å². The lowest BCUT2D eigenvalue weighted by molar-refractivity contribution is -0.155. The Hall–Kier alpha value is -5.84. The molecule has 16 heteroatoms. The zero-order valence-corrected chi connectivity index (χ0v) is 44.3. The van der Waals surface area contributed by atoms with Crippen molar-refractivity contribution < 1.29 is 33.8 Å². The summed E-state index contributed by atoms with van der Waals surface area (Å²) in [5.41, 5.74) is 11.6. The van der Waals surface area contributed by atoms with Gasteiger partial charge in [-0.25, -0.2) is 5.43 Å². The Morgan fingerprint density at radius 2 is 1.70 bits per heavy atom. The number of pyridine rings is 1. The van der Waals surface area contributed by atoms with Crippen LogP contribution in [-0.4, -0.2) is 149 Å². The van der Waals surface area contributed by atoms with Gasteiger partial charge in [0.25, 0.3) is 5.91 Å². The highest BCUT2D eigenvalue weighted by molar-refractivity contribution is 5.96. The predicted octanol–water partition coefficient (Wildman–Crippen LogP) is 6.12. The van der Waals surface area contributed by atoms with Crippen LogP contribution in [0.25, 0.3) is 33.3 Å². The summed E-state index contributed by atoms with van der Waals surface area (Å²) < 4.78 is 8.63. The number of aryl methyl sites for hydroxylation is 1. The first kappa shape index (κ1) is 52.0. The van der Waals surface area contributed by atoms with E-state index in [1.165, 1.54) is 20.4 Å². The summed E-state index contributed by atoms with van der Waals surface area (Å²) in [6.07, 6.45) is 9.09. The van der Waals surface area contributed by atoms with Crippen molar-refractivity contribution >= 4 is 40.5 Å². The number of aromatic nitrogens is 2. The SMILES string of the molecule is CCn1c(-c2cc(C3CCN(C)CC3)cnc2C(C)C)c2c3cc(ccc31)-c1cc(O)cc(c1)C[C@H](NC(=O)[C@H](C1CCCC1)N(C)C(=O)CN(C)C(=O)[C@H]1CN1)C(=O)N1CCC[C@H](N1)C(=O)OCC(C)(C)C2. The Morgan fingerprint density at radius 3 is 2.40 bits per heavy atom. The number of phenols is 1. The summed E-state index contributed by atoms with van der Waals surface area (Å²) in [5.74, 6) is -1.51. The number of likely N-dealkylation sites (tertiary alicyclic amines) is 1. The highest BCUT2D eigenvalue weighted by Crippen LogP contribution is 2.44. The number of cyclic esters (lactones) is 1. The highest BCUT2D eigenvalue weighted by atomic mass is 16.5. The maximum Gasteiger partial charge on any atom is 0.324 e. The maximum atomic E-state index is 14.9. The van der Waals surface area contributed by atoms with Gasteiger partial charge in [-0.05, 0) is 148 Å². The number of rotatable bonds is 11. The molecule has 6 bridgehead atoms. The molecular formula is C57H77N9O7. The molecule has 0 spiro atoms. The molecule has 4 fully saturated rings. The van der Waals surface area contributed by atoms with Crippen molar-refractivity contribution in [1.29, 1.82) is 0 Å². The molecule has 9 rings (SSSR count). The van der Waals surface area contributed by atoms with Crippen molar-refractivity contribution in [1.82, 2.24) is 45.3 Å². The summed E-state index contributed by atoms with van der Waals surface area (Å²) in [6.45, 7) is 14.4. The average molecular weight is 1000 g/mol. The van der Waals surface area contributed by atoms with Gasteiger partial charge in [0, 0.05) is 68.2 Å². The lowest BCUT2D eigenvalue weighted by atomic mass is 9.83. The molecule has 5 aliphatic rings. The summed E-state index contributed by atoms with van der Waals surface area (Å²) >= 11 is 0. The number of likely N-dealkylation sites (N-methyl/N-ethyl adjacent to an activating group) is 2. The number of carbonyl (C=O) groups excluding carboxylic acids is 5. The number of nitrogens with zero attached hydrogens (tertiary/aromatic N) is 6. The van der Waals surface area contributed by atoms with Crippen molar-refractivity contribution in [3.63, 3.8) is 0 Å². The van der Waals surface area contributed by atoms with Crippen molar-refractivity contribution in [2.24, 2.45) is 11.3 Å². The van der Waals surface area contributed by atoms with Crippen LogP contribution in [0.5, 0.6) is 5.75 Å². The molecule has 3 saturated heterocycles. The number of fused-ring (bicyclic) bond motifs is 6. The number of hydrogen-bond acceptors (Lipinski definition) is 11. The summed E-state index contributed by atoms with van der Waals surface area (Å²) in [6, 6.07) is 11.0. The van der Waals surface area contributed by atoms with Gasteiger partial charge < -0.3 is 39.7 Å². The molecule has 4 aromatic rings. The highest BCUT2D eigenvalue weighted by Gasteiger charge is 2.41. The first-order valence-electron chi connectivity index (χ1n) is 26.8. The molecule has 73 heavy (non-hydrogen) atoms. The second-order valence-electron chi connectivity index (χ2n) is 22.8. The van der Waals surface area contributed by atoms with E-state index in [0.717, 1.165) is 96.2 Å². The quantitative estimate of drug-likeness (QED) is 0.100. The zero-order valence-electron chi connectivity index (χ0n) is 44.3. The van der Waals surface area contributed by atoms with Gasteiger partial charge in [0.2, 0.25) is 17.7 Å². The van der Waals surface area contributed by atoms with E-state index >= 15 is 0 Å². The van der Waals surface area contributed by atoms with Crippen molar-refractivity contribution in [3.05, 3.63) is 71.0 Å². The van der Waals surface area contributed by atoms with Gasteiger partial charge in [0.1, 0.15) is 23.9 Å². The Bertz CT molecular complexity index is 2730. The third-order valence-electron chi connectivity index (χ3n) is 16.2. The van der Waals surface area contributed by atoms with Crippen LogP contribution in [0.2, 0.25) is 0 Å². The van der Waals surface area contributed by atoms with Gasteiger partial charge >= 0.3 is 5.97 Å². The molecule has 1 saturated carbocycles. The molecule has 6 heterocycles. The average Bonchev–Trinajstić information content (AvgIpc) is 4.00. The van der Waals surface area contributed by atoms with Crippen LogP contribution in [0.1, 0.15) is 120 Å². The van der Waals surface area contributed by atoms with Crippen LogP contribution in [0, 0.1) is 11.3 Å². The number of benzene rings is 2. The van der Waals surface area contributed by atoms with Gasteiger partial charge in [-0.3, -0.25) is 34.0 Å². The van der Waals surface area contributed by atoms with Crippen molar-refractivity contribution in [2.75, 3.05) is 60.5 Å². The Labute approximate surface area is 430 Å². The first-order chi connectivity index (χ1) is 34.9. The van der Waals surface area contributed by atoms with E-state index in [1.54, 1.807) is 26.2 Å². The molecule has 0 radical (unpaired) electrons. The molecule has 392 valence electrons. The summed E-state index contributed by atoms with van der Waals surface area (Å²) in [7, 11) is 5.37. The number of nitrogens with one attached hydrogen (secondary N) is 3. The van der Waals surface area contributed by atoms with Gasteiger partial charge in [0.15, 0.2) is 0 Å². The number of aromatic hydroxyl groups is 1. The standard InChI is InChI=1S/C57H77N9O7/c1-9-65-48-17-16-38-27-42(48)44(52(65)43-28-40(30-59-50(43)34(2)3)36-18-21-62(6)22-19-36)29-57(4,5)33-73-56(72)45-15-12-20-66(61-45)55(71)46(25-35-23-39(38)26-41(67)24-35)60-53(69)51(37-13-10-11-14-37)64(8)49(68)32-63(7)54(70)47-31-58-47/h16-17,23-24,26-28,30,34,36-37,45-47,51,58,61,67H,9-15,18-22,25,29,31-33H2,1-8H3,(H,60,69)/t45-,46-,47+,51-/m0/s1. The normalized spacial score (nSPS) is 22.5. The number of esters is 1. The smallest absolute Gasteiger partial charge is 0.324 e. The fourth-order valence-electron chi connectivity index (χ4n) is 12.0. The van der Waals surface area contributed by atoms with E-state index in [1.807, 2.05) is 6.07 Å². The molecular weight excluding hydrogens is 923 g/mol. The van der Waals surface area contributed by atoms with E-state index in [0.29, 0.717) is 50.4 Å². The van der Waals surface area contributed by atoms with E-state index in [9.17, 15) is 29.1 Å². The number of carbonyl (C=O) groups is 5. The predicted molar refractivity (Wildman–Crippen MR) is 281 cm³/mol. The zero-order chi connectivity index (χ0) is 51.9. The molecule has 16 nitrogen and oxygen atoms in total. The van der Waals surface area contributed by atoms with Crippen molar-refractivity contribution in [2.45, 2.75) is 141 Å². The minimum absolute atomic E-state index is 0.0105. The Balaban J connectivity index is 1.13. The number of piperidine rings is 1. The lowest BCUT2D eigenvalue weighted by Crippen LogP contribution is -2.62. The van der Waals surface area contributed by atoms with Gasteiger partial charge in [-0.1, -0.05) is 52.7 Å². The maximum absolute atomic E-state index is 14.9. The fourth-order valence-corrected chi connectivity index (χ4v) is 12.0. The molecule has 1 aliphatic carbocycles. The third kappa shape index (κ3) is 11.3. The number of amides is 4. The van der Waals surface area contributed by atoms with Crippen LogP contribution in [0.4, 0.5) is 0 Å². The summed E-state index contributed by atoms with van der Waals surface area (Å²) in [5, 5.41) is 20.1. The van der Waals surface area contributed by atoms with Crippen molar-refractivity contribution in [3.8, 4) is 28.1 Å². The van der Waals surface area contributed by atoms with Crippen LogP contribution >= 0.6 is 0 Å². The monoisotopic (exact) mass is 1000 g/mol. The molecule has 4 atom stereocenters. The number of hydrazine groups is 1. The van der Waals surface area contributed by atoms with Crippen LogP contribution in [-0.2, 0) is 48.1 Å². The van der Waals surface area contributed by atoms with E-state index < -0.39 is 41.3 Å². The largest absolute Gasteiger partial charge is 0.508 e. The van der Waals surface area contributed by atoms with Crippen LogP contribution in [0.15, 0.2) is 48.7 Å². The van der Waals surface area contributed by atoms with Crippen LogP contribution < -0.4 is 16.1 Å². The number of hydrogen-bond donors (Lipinski definition) is 4. The second kappa shape index (κ2) is 21.6. The third-order valence-corrected chi connectivity index (χ3v) is 16.2. The second-order valence-corrected chi connectivity index (χ2v) is 22.8. The number of ether oxygens (including phenoxy) is 1. The van der Waals surface area contributed by atoms with Gasteiger partial charge in [0.05, 0.1) is 30.6 Å². The minimum atomic E-state index is -1.15. The summed E-state index contributed by atoms with van der Waals surface area (Å²) in [4.78, 5) is 81.0. The minimum Gasteiger partial charge on any atom is -0.508 e. The van der Waals surface area contributed by atoms with Gasteiger partial charge in [-0.2, -0.15) is 0 Å². The van der Waals surface area contributed by atoms with E-state index in [-0.39, 0.29) is 55.0 Å². The Morgan fingerprint density at radius 1 is 0.959 bits per heavy atom. The molecule has 4 aliphatic heterocycles. The lowest BCUT2D eigenvalue weighted by Gasteiger charge is -2.37. The van der Waals surface area contributed by atoms with Gasteiger partial charge in [-0.15, -0.1) is 0 Å². The topological polar surface area (TPSA) is 192 Å². The fraction of sp³-hybridized carbons (Fsp3) is 0.579. The molecule has 2 aromatic heterocycles. The van der Waals surface area contributed by atoms with E-state index in [2.05, 4.69) is 97.7 Å². The van der Waals surface area contributed by atoms with Crippen LogP contribution in [0.3, 0.4) is 0 Å². The number of phenolic OH excluding ortho intramolecular Hbond substituents is 1. The first-order valence-corrected chi connectivity index (χ1v) is 26.8. The molecule has 2 aromatic carbocycles.